The van der Waals surface area contributed by atoms with Crippen LogP contribution in [-0.4, -0.2) is 29.3 Å². The van der Waals surface area contributed by atoms with Crippen molar-refractivity contribution in [3.05, 3.63) is 65.7 Å². The monoisotopic (exact) mass is 350 g/mol. The van der Waals surface area contributed by atoms with Crippen molar-refractivity contribution in [3.63, 3.8) is 0 Å². The van der Waals surface area contributed by atoms with Gasteiger partial charge in [-0.05, 0) is 37.5 Å². The number of benzene rings is 2. The fourth-order valence-corrected chi connectivity index (χ4v) is 3.82. The van der Waals surface area contributed by atoms with Gasteiger partial charge < -0.3 is 9.80 Å². The molecule has 3 rings (SSSR count). The third kappa shape index (κ3) is 3.64. The Labute approximate surface area is 155 Å². The standard InChI is InChI=1S/C22H26N2O2/c1-16-15-20-11-7-8-12-21(20)24(16)22(26)13-14-23(18(3)25)17(2)19-9-5-4-6-10-19/h4-12,16-17H,13-15H2,1-3H3. The van der Waals surface area contributed by atoms with Crippen LogP contribution in [0.25, 0.3) is 0 Å². The lowest BCUT2D eigenvalue weighted by molar-refractivity contribution is -0.131. The summed E-state index contributed by atoms with van der Waals surface area (Å²) in [7, 11) is 0. The number of hydrogen-bond acceptors (Lipinski definition) is 2. The predicted octanol–water partition coefficient (Wildman–Crippen LogP) is 3.96. The van der Waals surface area contributed by atoms with Gasteiger partial charge in [-0.3, -0.25) is 9.59 Å². The Kier molecular flexibility index (Phi) is 5.40. The molecule has 1 aliphatic rings. The third-order valence-corrected chi connectivity index (χ3v) is 5.20. The van der Waals surface area contributed by atoms with Gasteiger partial charge in [0, 0.05) is 31.6 Å². The first-order chi connectivity index (χ1) is 12.5. The molecule has 0 aromatic heterocycles. The highest BCUT2D eigenvalue weighted by molar-refractivity contribution is 5.96. The lowest BCUT2D eigenvalue weighted by atomic mass is 10.1. The van der Waals surface area contributed by atoms with E-state index in [1.807, 2.05) is 60.4 Å². The van der Waals surface area contributed by atoms with Crippen molar-refractivity contribution >= 4 is 17.5 Å². The largest absolute Gasteiger partial charge is 0.336 e. The number of rotatable bonds is 5. The molecule has 0 saturated heterocycles. The average Bonchev–Trinajstić information content (AvgIpc) is 2.97. The van der Waals surface area contributed by atoms with Crippen LogP contribution < -0.4 is 4.90 Å². The van der Waals surface area contributed by atoms with Crippen molar-refractivity contribution in [2.45, 2.75) is 45.7 Å². The number of nitrogens with zero attached hydrogens (tertiary/aromatic N) is 2. The predicted molar refractivity (Wildman–Crippen MR) is 104 cm³/mol. The molecule has 0 N–H and O–H groups in total. The summed E-state index contributed by atoms with van der Waals surface area (Å²) in [4.78, 5) is 28.7. The Morgan fingerprint density at radius 1 is 1.12 bits per heavy atom. The summed E-state index contributed by atoms with van der Waals surface area (Å²) in [6.07, 6.45) is 1.22. The molecule has 1 aliphatic heterocycles. The molecule has 2 aromatic rings. The van der Waals surface area contributed by atoms with E-state index in [1.54, 1.807) is 11.8 Å². The number of hydrogen-bond donors (Lipinski definition) is 0. The first-order valence-corrected chi connectivity index (χ1v) is 9.21. The number of carbonyl (C=O) groups is 2. The van der Waals surface area contributed by atoms with Crippen molar-refractivity contribution < 1.29 is 9.59 Å². The maximum atomic E-state index is 12.9. The van der Waals surface area contributed by atoms with Crippen LogP contribution in [-0.2, 0) is 16.0 Å². The zero-order valence-electron chi connectivity index (χ0n) is 15.7. The Morgan fingerprint density at radius 2 is 1.77 bits per heavy atom. The molecular weight excluding hydrogens is 324 g/mol. The van der Waals surface area contributed by atoms with Crippen LogP contribution in [0.4, 0.5) is 5.69 Å². The lowest BCUT2D eigenvalue weighted by Gasteiger charge is -2.30. The number of para-hydroxylation sites is 1. The minimum Gasteiger partial charge on any atom is -0.336 e. The molecule has 0 fully saturated rings. The SMILES string of the molecule is CC(=O)N(CCC(=O)N1c2ccccc2CC1C)C(C)c1ccccc1. The molecule has 0 saturated carbocycles. The smallest absolute Gasteiger partial charge is 0.229 e. The van der Waals surface area contributed by atoms with Gasteiger partial charge in [0.05, 0.1) is 6.04 Å². The molecule has 4 heteroatoms. The van der Waals surface area contributed by atoms with Gasteiger partial charge in [0.15, 0.2) is 0 Å². The summed E-state index contributed by atoms with van der Waals surface area (Å²) in [6, 6.07) is 18.1. The Balaban J connectivity index is 1.70. The van der Waals surface area contributed by atoms with Crippen molar-refractivity contribution in [1.29, 1.82) is 0 Å². The second-order valence-electron chi connectivity index (χ2n) is 6.99. The number of amides is 2. The molecule has 0 aliphatic carbocycles. The van der Waals surface area contributed by atoms with Crippen LogP contribution in [0.1, 0.15) is 44.4 Å². The maximum Gasteiger partial charge on any atom is 0.229 e. The van der Waals surface area contributed by atoms with Gasteiger partial charge in [0.2, 0.25) is 11.8 Å². The van der Waals surface area contributed by atoms with Crippen LogP contribution >= 0.6 is 0 Å². The Morgan fingerprint density at radius 3 is 2.46 bits per heavy atom. The van der Waals surface area contributed by atoms with Crippen molar-refractivity contribution in [3.8, 4) is 0 Å². The van der Waals surface area contributed by atoms with Crippen LogP contribution in [0, 0.1) is 0 Å². The van der Waals surface area contributed by atoms with Gasteiger partial charge >= 0.3 is 0 Å². The van der Waals surface area contributed by atoms with E-state index < -0.39 is 0 Å². The summed E-state index contributed by atoms with van der Waals surface area (Å²) < 4.78 is 0. The van der Waals surface area contributed by atoms with E-state index in [2.05, 4.69) is 13.0 Å². The van der Waals surface area contributed by atoms with E-state index in [9.17, 15) is 9.59 Å². The van der Waals surface area contributed by atoms with E-state index >= 15 is 0 Å². The van der Waals surface area contributed by atoms with Crippen LogP contribution in [0.15, 0.2) is 54.6 Å². The van der Waals surface area contributed by atoms with E-state index in [1.165, 1.54) is 5.56 Å². The van der Waals surface area contributed by atoms with Gasteiger partial charge in [-0.2, -0.15) is 0 Å². The first kappa shape index (κ1) is 18.2. The molecule has 136 valence electrons. The van der Waals surface area contributed by atoms with Crippen molar-refractivity contribution in [2.24, 2.45) is 0 Å². The van der Waals surface area contributed by atoms with Crippen LogP contribution in [0.3, 0.4) is 0 Å². The van der Waals surface area contributed by atoms with Crippen molar-refractivity contribution in [2.75, 3.05) is 11.4 Å². The Bertz CT molecular complexity index is 788. The van der Waals surface area contributed by atoms with E-state index in [0.717, 1.165) is 17.7 Å². The topological polar surface area (TPSA) is 40.6 Å². The number of carbonyl (C=O) groups excluding carboxylic acids is 2. The average molecular weight is 350 g/mol. The highest BCUT2D eigenvalue weighted by Gasteiger charge is 2.31. The number of anilines is 1. The van der Waals surface area contributed by atoms with Gasteiger partial charge in [0.1, 0.15) is 0 Å². The van der Waals surface area contributed by atoms with Gasteiger partial charge in [0.25, 0.3) is 0 Å². The molecule has 2 atom stereocenters. The summed E-state index contributed by atoms with van der Waals surface area (Å²) >= 11 is 0. The lowest BCUT2D eigenvalue weighted by Crippen LogP contribution is -2.39. The molecule has 0 spiro atoms. The Hall–Kier alpha value is -2.62. The van der Waals surface area contributed by atoms with Crippen LogP contribution in [0.5, 0.6) is 0 Å². The molecule has 1 heterocycles. The normalized spacial score (nSPS) is 16.9. The fraction of sp³-hybridized carbons (Fsp3) is 0.364. The zero-order valence-corrected chi connectivity index (χ0v) is 15.7. The van der Waals surface area contributed by atoms with E-state index in [4.69, 9.17) is 0 Å². The number of fused-ring (bicyclic) bond motifs is 1. The van der Waals surface area contributed by atoms with E-state index in [0.29, 0.717) is 13.0 Å². The maximum absolute atomic E-state index is 12.9. The molecule has 0 radical (unpaired) electrons. The molecule has 2 amide bonds. The molecule has 0 bridgehead atoms. The quantitative estimate of drug-likeness (QED) is 0.819. The zero-order chi connectivity index (χ0) is 18.7. The fourth-order valence-electron chi connectivity index (χ4n) is 3.82. The van der Waals surface area contributed by atoms with Gasteiger partial charge in [-0.15, -0.1) is 0 Å². The molecule has 2 aromatic carbocycles. The molecule has 4 nitrogen and oxygen atoms in total. The summed E-state index contributed by atoms with van der Waals surface area (Å²) in [5.41, 5.74) is 3.31. The van der Waals surface area contributed by atoms with Gasteiger partial charge in [-0.25, -0.2) is 0 Å². The second kappa shape index (κ2) is 7.73. The van der Waals surface area contributed by atoms with Crippen molar-refractivity contribution in [1.82, 2.24) is 4.90 Å². The van der Waals surface area contributed by atoms with E-state index in [-0.39, 0.29) is 23.9 Å². The highest BCUT2D eigenvalue weighted by Crippen LogP contribution is 2.32. The third-order valence-electron chi connectivity index (χ3n) is 5.20. The summed E-state index contributed by atoms with van der Waals surface area (Å²) in [5, 5.41) is 0. The first-order valence-electron chi connectivity index (χ1n) is 9.21. The summed E-state index contributed by atoms with van der Waals surface area (Å²) in [6.45, 7) is 6.08. The highest BCUT2D eigenvalue weighted by atomic mass is 16.2. The molecule has 26 heavy (non-hydrogen) atoms. The molecule has 2 unspecified atom stereocenters. The summed E-state index contributed by atoms with van der Waals surface area (Å²) in [5.74, 6) is 0.0676. The van der Waals surface area contributed by atoms with Gasteiger partial charge in [-0.1, -0.05) is 48.5 Å². The minimum absolute atomic E-state index is 0.0102. The second-order valence-corrected chi connectivity index (χ2v) is 6.99. The minimum atomic E-state index is -0.0511. The van der Waals surface area contributed by atoms with Crippen LogP contribution in [0.2, 0.25) is 0 Å². The molecular formula is C22H26N2O2.